The van der Waals surface area contributed by atoms with Gasteiger partial charge in [-0.2, -0.15) is 0 Å². The summed E-state index contributed by atoms with van der Waals surface area (Å²) in [4.78, 5) is 15.5. The van der Waals surface area contributed by atoms with Crippen molar-refractivity contribution in [2.24, 2.45) is 0 Å². The third-order valence-electron chi connectivity index (χ3n) is 2.96. The highest BCUT2D eigenvalue weighted by Crippen LogP contribution is 2.28. The Morgan fingerprint density at radius 2 is 2.00 bits per heavy atom. The molecule has 94 valence electrons. The second-order valence-electron chi connectivity index (χ2n) is 4.21. The summed E-state index contributed by atoms with van der Waals surface area (Å²) < 4.78 is 1.24. The Hall–Kier alpha value is -2.82. The van der Waals surface area contributed by atoms with Crippen molar-refractivity contribution in [2.75, 3.05) is 5.73 Å². The van der Waals surface area contributed by atoms with E-state index in [2.05, 4.69) is 4.98 Å². The van der Waals surface area contributed by atoms with E-state index in [1.807, 2.05) is 24.3 Å². The lowest BCUT2D eigenvalue weighted by molar-refractivity contribution is 0.198. The Labute approximate surface area is 108 Å². The maximum Gasteiger partial charge on any atom is 0.416 e. The minimum Gasteiger partial charge on any atom is -0.464 e. The number of hydrogen-bond donors (Lipinski definition) is 2. The fraction of sp³-hybridized carbons (Fsp3) is 0. The number of para-hydroxylation sites is 1. The minimum absolute atomic E-state index is 0.500. The van der Waals surface area contributed by atoms with Crippen LogP contribution < -0.4 is 5.73 Å². The molecule has 0 aliphatic heterocycles. The molecule has 0 bridgehead atoms. The number of carboxylic acid groups (broad SMARTS) is 1. The zero-order chi connectivity index (χ0) is 13.4. The normalized spacial score (nSPS) is 10.7. The molecule has 0 saturated heterocycles. The van der Waals surface area contributed by atoms with Gasteiger partial charge in [0.05, 0.1) is 16.9 Å². The van der Waals surface area contributed by atoms with E-state index in [0.717, 1.165) is 5.39 Å². The van der Waals surface area contributed by atoms with E-state index < -0.39 is 6.09 Å². The largest absolute Gasteiger partial charge is 0.464 e. The number of fused-ring (bicyclic) bond motifs is 1. The topological polar surface area (TPSA) is 81.1 Å². The van der Waals surface area contributed by atoms with Crippen LogP contribution in [0.4, 0.5) is 10.5 Å². The van der Waals surface area contributed by atoms with Gasteiger partial charge >= 0.3 is 6.09 Å². The quantitative estimate of drug-likeness (QED) is 0.698. The summed E-state index contributed by atoms with van der Waals surface area (Å²) in [6.07, 6.45) is 2.10. The van der Waals surface area contributed by atoms with Crippen molar-refractivity contribution in [3.63, 3.8) is 0 Å². The van der Waals surface area contributed by atoms with Gasteiger partial charge in [0.15, 0.2) is 0 Å². The van der Waals surface area contributed by atoms with Crippen LogP contribution in [-0.4, -0.2) is 20.8 Å². The van der Waals surface area contributed by atoms with Crippen LogP contribution in [0.3, 0.4) is 0 Å². The standard InChI is InChI=1S/C14H11N3O2/c15-11-5-10(7-16-8-11)13-6-9-3-1-2-4-12(9)17(13)14(18)19/h1-8H,15H2,(H,18,19). The molecular weight excluding hydrogens is 242 g/mol. The van der Waals surface area contributed by atoms with Crippen LogP contribution in [0.15, 0.2) is 48.8 Å². The third-order valence-corrected chi connectivity index (χ3v) is 2.96. The number of nitrogens with zero attached hydrogens (tertiary/aromatic N) is 2. The Bertz CT molecular complexity index is 777. The Kier molecular flexibility index (Phi) is 2.45. The van der Waals surface area contributed by atoms with Crippen LogP contribution in [0.25, 0.3) is 22.2 Å². The highest BCUT2D eigenvalue weighted by atomic mass is 16.4. The molecule has 0 aliphatic rings. The fourth-order valence-corrected chi connectivity index (χ4v) is 2.17. The first-order chi connectivity index (χ1) is 9.16. The van der Waals surface area contributed by atoms with E-state index in [9.17, 15) is 9.90 Å². The number of benzene rings is 1. The molecule has 0 aliphatic carbocycles. The van der Waals surface area contributed by atoms with Crippen molar-refractivity contribution in [2.45, 2.75) is 0 Å². The Morgan fingerprint density at radius 3 is 2.74 bits per heavy atom. The lowest BCUT2D eigenvalue weighted by Crippen LogP contribution is -2.09. The first kappa shape index (κ1) is 11.3. The maximum absolute atomic E-state index is 11.5. The summed E-state index contributed by atoms with van der Waals surface area (Å²) in [5, 5.41) is 10.3. The SMILES string of the molecule is Nc1cncc(-c2cc3ccccc3n2C(=O)O)c1. The van der Waals surface area contributed by atoms with Crippen LogP contribution in [0.1, 0.15) is 0 Å². The van der Waals surface area contributed by atoms with Crippen LogP contribution in [0.5, 0.6) is 0 Å². The fourth-order valence-electron chi connectivity index (χ4n) is 2.17. The number of carbonyl (C=O) groups is 1. The zero-order valence-electron chi connectivity index (χ0n) is 9.95. The third kappa shape index (κ3) is 1.81. The van der Waals surface area contributed by atoms with Gasteiger partial charge < -0.3 is 10.8 Å². The number of pyridine rings is 1. The number of nitrogen functional groups attached to an aromatic ring is 1. The summed E-state index contributed by atoms with van der Waals surface area (Å²) in [5.74, 6) is 0. The number of hydrogen-bond acceptors (Lipinski definition) is 3. The first-order valence-corrected chi connectivity index (χ1v) is 5.71. The molecule has 0 unspecified atom stereocenters. The van der Waals surface area contributed by atoms with Gasteiger partial charge in [-0.3, -0.25) is 4.98 Å². The average Bonchev–Trinajstić information content (AvgIpc) is 2.78. The lowest BCUT2D eigenvalue weighted by atomic mass is 10.2. The van der Waals surface area contributed by atoms with Crippen LogP contribution in [-0.2, 0) is 0 Å². The van der Waals surface area contributed by atoms with E-state index in [0.29, 0.717) is 22.5 Å². The molecule has 0 saturated carbocycles. The molecule has 2 heterocycles. The molecule has 0 amide bonds. The molecule has 1 aromatic carbocycles. The van der Waals surface area contributed by atoms with E-state index in [4.69, 9.17) is 5.73 Å². The molecule has 0 radical (unpaired) electrons. The highest BCUT2D eigenvalue weighted by molar-refractivity contribution is 5.95. The van der Waals surface area contributed by atoms with Crippen molar-refractivity contribution in [3.8, 4) is 11.3 Å². The molecule has 0 fully saturated rings. The minimum atomic E-state index is -1.03. The molecule has 2 aromatic heterocycles. The zero-order valence-corrected chi connectivity index (χ0v) is 9.95. The lowest BCUT2D eigenvalue weighted by Gasteiger charge is -2.05. The summed E-state index contributed by atoms with van der Waals surface area (Å²) in [7, 11) is 0. The van der Waals surface area contributed by atoms with Crippen molar-refractivity contribution >= 4 is 22.7 Å². The molecule has 0 atom stereocenters. The predicted octanol–water partition coefficient (Wildman–Crippen LogP) is 2.81. The van der Waals surface area contributed by atoms with Gasteiger partial charge in [-0.15, -0.1) is 0 Å². The molecule has 3 rings (SSSR count). The summed E-state index contributed by atoms with van der Waals surface area (Å²) in [6.45, 7) is 0. The average molecular weight is 253 g/mol. The van der Waals surface area contributed by atoms with Gasteiger partial charge in [0.25, 0.3) is 0 Å². The predicted molar refractivity (Wildman–Crippen MR) is 73.0 cm³/mol. The second kappa shape index (κ2) is 4.13. The van der Waals surface area contributed by atoms with Crippen LogP contribution >= 0.6 is 0 Å². The van der Waals surface area contributed by atoms with Gasteiger partial charge in [0.2, 0.25) is 0 Å². The van der Waals surface area contributed by atoms with E-state index >= 15 is 0 Å². The molecule has 3 aromatic rings. The van der Waals surface area contributed by atoms with Crippen molar-refractivity contribution in [1.29, 1.82) is 0 Å². The summed E-state index contributed by atoms with van der Waals surface area (Å²) >= 11 is 0. The van der Waals surface area contributed by atoms with Crippen LogP contribution in [0.2, 0.25) is 0 Å². The molecule has 5 heteroatoms. The summed E-state index contributed by atoms with van der Waals surface area (Å²) in [6, 6.07) is 10.9. The van der Waals surface area contributed by atoms with Crippen molar-refractivity contribution < 1.29 is 9.90 Å². The van der Waals surface area contributed by atoms with Gasteiger partial charge in [-0.1, -0.05) is 18.2 Å². The van der Waals surface area contributed by atoms with E-state index in [1.165, 1.54) is 10.8 Å². The van der Waals surface area contributed by atoms with Gasteiger partial charge in [0, 0.05) is 23.3 Å². The molecule has 3 N–H and O–H groups in total. The maximum atomic E-state index is 11.5. The molecule has 0 spiro atoms. The van der Waals surface area contributed by atoms with Crippen molar-refractivity contribution in [1.82, 2.24) is 9.55 Å². The van der Waals surface area contributed by atoms with E-state index in [-0.39, 0.29) is 0 Å². The molecular formula is C14H11N3O2. The van der Waals surface area contributed by atoms with Crippen molar-refractivity contribution in [3.05, 3.63) is 48.8 Å². The van der Waals surface area contributed by atoms with E-state index in [1.54, 1.807) is 18.3 Å². The monoisotopic (exact) mass is 253 g/mol. The first-order valence-electron chi connectivity index (χ1n) is 5.71. The second-order valence-corrected chi connectivity index (χ2v) is 4.21. The smallest absolute Gasteiger partial charge is 0.416 e. The Balaban J connectivity index is 2.34. The molecule has 19 heavy (non-hydrogen) atoms. The number of nitrogens with two attached hydrogens (primary N) is 1. The number of aromatic nitrogens is 2. The van der Waals surface area contributed by atoms with Gasteiger partial charge in [-0.05, 0) is 18.2 Å². The summed E-state index contributed by atoms with van der Waals surface area (Å²) in [5.41, 5.74) is 8.09. The van der Waals surface area contributed by atoms with Crippen LogP contribution in [0, 0.1) is 0 Å². The van der Waals surface area contributed by atoms with Gasteiger partial charge in [0.1, 0.15) is 0 Å². The Morgan fingerprint density at radius 1 is 1.21 bits per heavy atom. The van der Waals surface area contributed by atoms with Gasteiger partial charge in [-0.25, -0.2) is 9.36 Å². The highest BCUT2D eigenvalue weighted by Gasteiger charge is 2.15. The number of rotatable bonds is 1. The number of anilines is 1. The molecule has 5 nitrogen and oxygen atoms in total.